The standard InChI is InChI=1S/C12H16BrNO2/c1-9(2)12(3,8-14(15)16)10-4-6-11(13)7-5-10/h4-7,9H,8H2,1-3H3/t12-/m1/s1. The van der Waals surface area contributed by atoms with Crippen LogP contribution < -0.4 is 0 Å². The molecule has 0 saturated carbocycles. The highest BCUT2D eigenvalue weighted by Crippen LogP contribution is 2.32. The first-order chi connectivity index (χ1) is 7.36. The van der Waals surface area contributed by atoms with Gasteiger partial charge in [-0.15, -0.1) is 0 Å². The first-order valence-corrected chi connectivity index (χ1v) is 6.03. The fourth-order valence-corrected chi connectivity index (χ4v) is 1.97. The fourth-order valence-electron chi connectivity index (χ4n) is 1.71. The summed E-state index contributed by atoms with van der Waals surface area (Å²) in [5, 5.41) is 10.8. The van der Waals surface area contributed by atoms with Crippen LogP contribution in [0.2, 0.25) is 0 Å². The van der Waals surface area contributed by atoms with Gasteiger partial charge in [-0.05, 0) is 30.5 Å². The molecule has 0 saturated heterocycles. The molecule has 0 bridgehead atoms. The topological polar surface area (TPSA) is 43.1 Å². The van der Waals surface area contributed by atoms with Crippen molar-refractivity contribution in [3.63, 3.8) is 0 Å². The first-order valence-electron chi connectivity index (χ1n) is 5.24. The molecule has 0 aromatic heterocycles. The van der Waals surface area contributed by atoms with Crippen LogP contribution in [0.3, 0.4) is 0 Å². The maximum Gasteiger partial charge on any atom is 0.213 e. The van der Waals surface area contributed by atoms with Crippen molar-refractivity contribution in [2.75, 3.05) is 6.54 Å². The second-order valence-electron chi connectivity index (χ2n) is 4.57. The molecule has 0 spiro atoms. The van der Waals surface area contributed by atoms with E-state index in [1.54, 1.807) is 0 Å². The van der Waals surface area contributed by atoms with Crippen LogP contribution in [0.25, 0.3) is 0 Å². The van der Waals surface area contributed by atoms with Gasteiger partial charge in [0.2, 0.25) is 6.54 Å². The SMILES string of the molecule is CC(C)[C@@](C)(C[N+](=O)[O-])c1ccc(Br)cc1. The Kier molecular flexibility index (Phi) is 4.08. The molecule has 1 aromatic rings. The van der Waals surface area contributed by atoms with Crippen LogP contribution in [0, 0.1) is 16.0 Å². The second kappa shape index (κ2) is 4.95. The molecule has 0 fully saturated rings. The summed E-state index contributed by atoms with van der Waals surface area (Å²) in [7, 11) is 0. The summed E-state index contributed by atoms with van der Waals surface area (Å²) in [6.07, 6.45) is 0. The summed E-state index contributed by atoms with van der Waals surface area (Å²) in [5.74, 6) is 0.221. The monoisotopic (exact) mass is 285 g/mol. The van der Waals surface area contributed by atoms with Crippen molar-refractivity contribution in [2.45, 2.75) is 26.2 Å². The molecule has 0 aliphatic heterocycles. The third-order valence-electron chi connectivity index (χ3n) is 3.24. The molecule has 1 atom stereocenters. The molecule has 0 aliphatic carbocycles. The molecule has 4 heteroatoms. The van der Waals surface area contributed by atoms with E-state index in [0.29, 0.717) is 0 Å². The van der Waals surface area contributed by atoms with Crippen molar-refractivity contribution in [1.29, 1.82) is 0 Å². The van der Waals surface area contributed by atoms with Gasteiger partial charge >= 0.3 is 0 Å². The Morgan fingerprint density at radius 1 is 1.38 bits per heavy atom. The minimum absolute atomic E-state index is 0.0354. The molecule has 0 radical (unpaired) electrons. The Morgan fingerprint density at radius 2 is 1.88 bits per heavy atom. The van der Waals surface area contributed by atoms with Crippen molar-refractivity contribution in [3.05, 3.63) is 44.4 Å². The summed E-state index contributed by atoms with van der Waals surface area (Å²) in [5.41, 5.74) is 0.604. The fraction of sp³-hybridized carbons (Fsp3) is 0.500. The molecule has 1 aromatic carbocycles. The number of benzene rings is 1. The molecule has 88 valence electrons. The summed E-state index contributed by atoms with van der Waals surface area (Å²) in [4.78, 5) is 10.5. The van der Waals surface area contributed by atoms with Gasteiger partial charge in [0.15, 0.2) is 0 Å². The summed E-state index contributed by atoms with van der Waals surface area (Å²) >= 11 is 3.37. The van der Waals surface area contributed by atoms with E-state index in [9.17, 15) is 10.1 Å². The van der Waals surface area contributed by atoms with Crippen molar-refractivity contribution >= 4 is 15.9 Å². The zero-order valence-corrected chi connectivity index (χ0v) is 11.3. The van der Waals surface area contributed by atoms with Crippen LogP contribution in [0.1, 0.15) is 26.3 Å². The van der Waals surface area contributed by atoms with Crippen molar-refractivity contribution in [1.82, 2.24) is 0 Å². The van der Waals surface area contributed by atoms with Gasteiger partial charge in [-0.25, -0.2) is 0 Å². The Bertz CT molecular complexity index is 375. The maximum absolute atomic E-state index is 10.8. The van der Waals surface area contributed by atoms with E-state index in [2.05, 4.69) is 15.9 Å². The molecule has 0 N–H and O–H groups in total. The molecule has 0 unspecified atom stereocenters. The van der Waals surface area contributed by atoms with Crippen LogP contribution in [-0.4, -0.2) is 11.5 Å². The average Bonchev–Trinajstić information content (AvgIpc) is 2.17. The number of halogens is 1. The lowest BCUT2D eigenvalue weighted by Gasteiger charge is -2.30. The highest BCUT2D eigenvalue weighted by atomic mass is 79.9. The zero-order valence-electron chi connectivity index (χ0n) is 9.74. The predicted molar refractivity (Wildman–Crippen MR) is 68.2 cm³/mol. The van der Waals surface area contributed by atoms with Crippen molar-refractivity contribution in [2.24, 2.45) is 5.92 Å². The van der Waals surface area contributed by atoms with E-state index >= 15 is 0 Å². The Hall–Kier alpha value is -0.900. The maximum atomic E-state index is 10.8. The van der Waals surface area contributed by atoms with E-state index in [4.69, 9.17) is 0 Å². The number of hydrogen-bond acceptors (Lipinski definition) is 2. The van der Waals surface area contributed by atoms with Crippen molar-refractivity contribution < 1.29 is 4.92 Å². The van der Waals surface area contributed by atoms with E-state index in [-0.39, 0.29) is 17.4 Å². The van der Waals surface area contributed by atoms with Gasteiger partial charge in [0.05, 0.1) is 5.41 Å². The lowest BCUT2D eigenvalue weighted by atomic mass is 9.73. The molecule has 3 nitrogen and oxygen atoms in total. The van der Waals surface area contributed by atoms with E-state index in [0.717, 1.165) is 10.0 Å². The molecule has 0 amide bonds. The number of hydrogen-bond donors (Lipinski definition) is 0. The van der Waals surface area contributed by atoms with Gasteiger partial charge in [0.1, 0.15) is 0 Å². The molecular formula is C12H16BrNO2. The second-order valence-corrected chi connectivity index (χ2v) is 5.49. The van der Waals surface area contributed by atoms with Crippen LogP contribution in [-0.2, 0) is 5.41 Å². The highest BCUT2D eigenvalue weighted by Gasteiger charge is 2.35. The van der Waals surface area contributed by atoms with Gasteiger partial charge in [-0.3, -0.25) is 10.1 Å². The van der Waals surface area contributed by atoms with Gasteiger partial charge in [0, 0.05) is 9.40 Å². The molecular weight excluding hydrogens is 270 g/mol. The van der Waals surface area contributed by atoms with Gasteiger partial charge in [-0.2, -0.15) is 0 Å². The quantitative estimate of drug-likeness (QED) is 0.626. The van der Waals surface area contributed by atoms with E-state index in [1.807, 2.05) is 45.0 Å². The molecule has 16 heavy (non-hydrogen) atoms. The van der Waals surface area contributed by atoms with Crippen LogP contribution in [0.4, 0.5) is 0 Å². The third kappa shape index (κ3) is 2.82. The predicted octanol–water partition coefficient (Wildman–Crippen LogP) is 3.64. The van der Waals surface area contributed by atoms with Crippen LogP contribution >= 0.6 is 15.9 Å². The summed E-state index contributed by atoms with van der Waals surface area (Å²) in [6, 6.07) is 7.76. The van der Waals surface area contributed by atoms with Gasteiger partial charge in [0.25, 0.3) is 0 Å². The largest absolute Gasteiger partial charge is 0.265 e. The average molecular weight is 286 g/mol. The molecule has 1 rings (SSSR count). The number of nitro groups is 1. The normalized spacial score (nSPS) is 14.8. The third-order valence-corrected chi connectivity index (χ3v) is 3.76. The lowest BCUT2D eigenvalue weighted by molar-refractivity contribution is -0.492. The Labute approximate surface area is 104 Å². The minimum Gasteiger partial charge on any atom is -0.265 e. The smallest absolute Gasteiger partial charge is 0.213 e. The zero-order chi connectivity index (χ0) is 12.3. The van der Waals surface area contributed by atoms with Gasteiger partial charge < -0.3 is 0 Å². The van der Waals surface area contributed by atoms with Crippen LogP contribution in [0.15, 0.2) is 28.7 Å². The molecule has 0 aliphatic rings. The number of nitrogens with zero attached hydrogens (tertiary/aromatic N) is 1. The summed E-state index contributed by atoms with van der Waals surface area (Å²) < 4.78 is 0.989. The van der Waals surface area contributed by atoms with Crippen LogP contribution in [0.5, 0.6) is 0 Å². The molecule has 0 heterocycles. The Morgan fingerprint density at radius 3 is 2.25 bits per heavy atom. The van der Waals surface area contributed by atoms with Crippen molar-refractivity contribution in [3.8, 4) is 0 Å². The summed E-state index contributed by atoms with van der Waals surface area (Å²) in [6.45, 7) is 5.95. The highest BCUT2D eigenvalue weighted by molar-refractivity contribution is 9.10. The van der Waals surface area contributed by atoms with E-state index < -0.39 is 5.41 Å². The lowest BCUT2D eigenvalue weighted by Crippen LogP contribution is -2.36. The van der Waals surface area contributed by atoms with E-state index in [1.165, 1.54) is 0 Å². The first kappa shape index (κ1) is 13.2. The van der Waals surface area contributed by atoms with Gasteiger partial charge in [-0.1, -0.05) is 41.9 Å². The minimum atomic E-state index is -0.413. The number of rotatable bonds is 4. The Balaban J connectivity index is 3.10.